The average Bonchev–Trinajstić information content (AvgIpc) is 2.79. The summed E-state index contributed by atoms with van der Waals surface area (Å²) >= 11 is 0. The fraction of sp³-hybridized carbons (Fsp3) is 0.583. The Labute approximate surface area is 119 Å². The zero-order valence-electron chi connectivity index (χ0n) is 11.4. The lowest BCUT2D eigenvalue weighted by molar-refractivity contribution is -0.00272. The van der Waals surface area contributed by atoms with Gasteiger partial charge in [0, 0.05) is 0 Å². The van der Waals surface area contributed by atoms with E-state index >= 15 is 0 Å². The number of esters is 1. The number of methoxy groups -OCH3 is 1. The predicted octanol–water partition coefficient (Wildman–Crippen LogP) is 1.33. The summed E-state index contributed by atoms with van der Waals surface area (Å²) < 4.78 is 11.0. The van der Waals surface area contributed by atoms with Gasteiger partial charge in [0.1, 0.15) is 0 Å². The van der Waals surface area contributed by atoms with E-state index in [9.17, 15) is 14.5 Å². The molecular formula is C12H15N3O6. The van der Waals surface area contributed by atoms with Gasteiger partial charge in [-0.25, -0.2) is 9.59 Å². The van der Waals surface area contributed by atoms with Crippen molar-refractivity contribution in [2.75, 3.05) is 13.7 Å². The molecule has 0 bridgehead atoms. The van der Waals surface area contributed by atoms with E-state index in [4.69, 9.17) is 9.84 Å². The number of nitrogens with zero attached hydrogens (tertiary/aromatic N) is 3. The second-order valence-electron chi connectivity index (χ2n) is 4.58. The minimum atomic E-state index is -1.39. The molecule has 1 fully saturated rings. The highest BCUT2D eigenvalue weighted by Crippen LogP contribution is 2.26. The molecule has 0 amide bonds. The first-order valence-electron chi connectivity index (χ1n) is 6.45. The van der Waals surface area contributed by atoms with Crippen LogP contribution in [0.5, 0.6) is 0 Å². The molecular weight excluding hydrogens is 282 g/mol. The van der Waals surface area contributed by atoms with Crippen LogP contribution in [0.15, 0.2) is 5.18 Å². The Morgan fingerprint density at radius 3 is 2.67 bits per heavy atom. The van der Waals surface area contributed by atoms with E-state index in [1.54, 1.807) is 0 Å². The van der Waals surface area contributed by atoms with Gasteiger partial charge >= 0.3 is 11.9 Å². The van der Waals surface area contributed by atoms with Crippen LogP contribution < -0.4 is 0 Å². The van der Waals surface area contributed by atoms with Gasteiger partial charge in [0.15, 0.2) is 17.1 Å². The Balaban J connectivity index is 2.21. The zero-order valence-corrected chi connectivity index (χ0v) is 11.4. The molecule has 1 aliphatic rings. The molecule has 114 valence electrons. The largest absolute Gasteiger partial charge is 0.476 e. The maximum atomic E-state index is 11.5. The van der Waals surface area contributed by atoms with E-state index in [1.165, 1.54) is 0 Å². The lowest BCUT2D eigenvalue weighted by Crippen LogP contribution is -2.24. The van der Waals surface area contributed by atoms with Gasteiger partial charge in [-0.2, -0.15) is 5.10 Å². The Morgan fingerprint density at radius 2 is 2.19 bits per heavy atom. The Hall–Kier alpha value is -2.29. The van der Waals surface area contributed by atoms with Crippen molar-refractivity contribution in [2.24, 2.45) is 5.18 Å². The SMILES string of the molecule is COC(=O)c1nn(CCOC2CCC2)c(C(=O)O)c1N=O. The molecule has 1 aliphatic carbocycles. The van der Waals surface area contributed by atoms with Gasteiger partial charge in [0.05, 0.1) is 26.4 Å². The number of carboxylic acids is 1. The van der Waals surface area contributed by atoms with Crippen molar-refractivity contribution in [3.05, 3.63) is 16.3 Å². The van der Waals surface area contributed by atoms with Crippen molar-refractivity contribution in [2.45, 2.75) is 31.9 Å². The molecule has 21 heavy (non-hydrogen) atoms. The van der Waals surface area contributed by atoms with Gasteiger partial charge in [-0.05, 0) is 24.4 Å². The average molecular weight is 297 g/mol. The number of aromatic carboxylic acids is 1. The summed E-state index contributed by atoms with van der Waals surface area (Å²) in [5, 5.41) is 15.6. The number of rotatable bonds is 7. The van der Waals surface area contributed by atoms with E-state index in [-0.39, 0.29) is 19.3 Å². The van der Waals surface area contributed by atoms with Crippen LogP contribution in [0.4, 0.5) is 5.69 Å². The van der Waals surface area contributed by atoms with E-state index in [0.717, 1.165) is 31.1 Å². The number of carbonyl (C=O) groups excluding carboxylic acids is 1. The quantitative estimate of drug-likeness (QED) is 0.595. The van der Waals surface area contributed by atoms with Crippen LogP contribution in [-0.2, 0) is 16.0 Å². The van der Waals surface area contributed by atoms with Crippen LogP contribution in [0, 0.1) is 4.91 Å². The van der Waals surface area contributed by atoms with Crippen molar-refractivity contribution in [3.63, 3.8) is 0 Å². The summed E-state index contributed by atoms with van der Waals surface area (Å²) in [5.41, 5.74) is -1.38. The van der Waals surface area contributed by atoms with Crippen molar-refractivity contribution in [3.8, 4) is 0 Å². The lowest BCUT2D eigenvalue weighted by Gasteiger charge is -2.25. The first-order chi connectivity index (χ1) is 10.1. The minimum Gasteiger partial charge on any atom is -0.476 e. The molecule has 0 radical (unpaired) electrons. The monoisotopic (exact) mass is 297 g/mol. The molecule has 9 nitrogen and oxygen atoms in total. The third kappa shape index (κ3) is 3.07. The smallest absolute Gasteiger partial charge is 0.361 e. The molecule has 0 saturated heterocycles. The minimum absolute atomic E-state index is 0.109. The maximum absolute atomic E-state index is 11.5. The summed E-state index contributed by atoms with van der Waals surface area (Å²) in [6.07, 6.45) is 3.29. The number of ether oxygens (including phenoxy) is 2. The van der Waals surface area contributed by atoms with Crippen LogP contribution in [0.25, 0.3) is 0 Å². The lowest BCUT2D eigenvalue weighted by atomic mass is 9.96. The Kier molecular flexibility index (Phi) is 4.63. The Bertz CT molecular complexity index is 564. The molecule has 0 aliphatic heterocycles. The van der Waals surface area contributed by atoms with Gasteiger partial charge in [-0.3, -0.25) is 4.68 Å². The van der Waals surface area contributed by atoms with Gasteiger partial charge in [-0.1, -0.05) is 0 Å². The van der Waals surface area contributed by atoms with Crippen LogP contribution in [0.3, 0.4) is 0 Å². The van der Waals surface area contributed by atoms with E-state index < -0.39 is 29.0 Å². The highest BCUT2D eigenvalue weighted by molar-refractivity contribution is 6.00. The van der Waals surface area contributed by atoms with Crippen LogP contribution in [0.2, 0.25) is 0 Å². The molecule has 1 aromatic heterocycles. The maximum Gasteiger partial charge on any atom is 0.361 e. The van der Waals surface area contributed by atoms with Crippen LogP contribution in [-0.4, -0.2) is 46.6 Å². The highest BCUT2D eigenvalue weighted by Gasteiger charge is 2.29. The van der Waals surface area contributed by atoms with Crippen molar-refractivity contribution < 1.29 is 24.2 Å². The zero-order chi connectivity index (χ0) is 15.4. The summed E-state index contributed by atoms with van der Waals surface area (Å²) in [6, 6.07) is 0. The highest BCUT2D eigenvalue weighted by atomic mass is 16.5. The van der Waals surface area contributed by atoms with Crippen LogP contribution in [0.1, 0.15) is 40.2 Å². The topological polar surface area (TPSA) is 120 Å². The van der Waals surface area contributed by atoms with Crippen molar-refractivity contribution in [1.29, 1.82) is 0 Å². The van der Waals surface area contributed by atoms with E-state index in [1.807, 2.05) is 0 Å². The molecule has 1 saturated carbocycles. The molecule has 1 N–H and O–H groups in total. The van der Waals surface area contributed by atoms with Crippen molar-refractivity contribution >= 4 is 17.6 Å². The third-order valence-electron chi connectivity index (χ3n) is 3.31. The van der Waals surface area contributed by atoms with Gasteiger partial charge in [0.25, 0.3) is 0 Å². The summed E-state index contributed by atoms with van der Waals surface area (Å²) in [6.45, 7) is 0.350. The standard InChI is InChI=1S/C12H15N3O6/c1-20-12(18)9-8(14-19)10(11(16)17)15(13-9)5-6-21-7-3-2-4-7/h7H,2-6H2,1H3,(H,16,17). The molecule has 9 heteroatoms. The first kappa shape index (κ1) is 15.1. The molecule has 1 heterocycles. The number of carbonyl (C=O) groups is 2. The Morgan fingerprint density at radius 1 is 1.48 bits per heavy atom. The number of aromatic nitrogens is 2. The second-order valence-corrected chi connectivity index (χ2v) is 4.58. The van der Waals surface area contributed by atoms with Gasteiger partial charge < -0.3 is 14.6 Å². The predicted molar refractivity (Wildman–Crippen MR) is 69.6 cm³/mol. The van der Waals surface area contributed by atoms with Crippen LogP contribution >= 0.6 is 0 Å². The molecule has 0 unspecified atom stereocenters. The van der Waals surface area contributed by atoms with E-state index in [2.05, 4.69) is 15.0 Å². The summed E-state index contributed by atoms with van der Waals surface area (Å²) in [4.78, 5) is 33.6. The van der Waals surface area contributed by atoms with Gasteiger partial charge in [-0.15, -0.1) is 4.91 Å². The number of hydrogen-bond acceptors (Lipinski definition) is 7. The van der Waals surface area contributed by atoms with E-state index in [0.29, 0.717) is 0 Å². The third-order valence-corrected chi connectivity index (χ3v) is 3.31. The molecule has 0 atom stereocenters. The number of nitroso groups, excluding NO2 is 1. The molecule has 1 aromatic rings. The molecule has 0 aromatic carbocycles. The summed E-state index contributed by atoms with van der Waals surface area (Å²) in [5.74, 6) is -2.30. The van der Waals surface area contributed by atoms with Gasteiger partial charge in [0.2, 0.25) is 0 Å². The second kappa shape index (κ2) is 6.44. The number of carboxylic acid groups (broad SMARTS) is 1. The number of hydrogen-bond donors (Lipinski definition) is 1. The normalized spacial score (nSPS) is 14.5. The molecule has 0 spiro atoms. The van der Waals surface area contributed by atoms with Crippen molar-refractivity contribution in [1.82, 2.24) is 9.78 Å². The molecule has 2 rings (SSSR count). The fourth-order valence-electron chi connectivity index (χ4n) is 1.99. The fourth-order valence-corrected chi connectivity index (χ4v) is 1.99. The summed E-state index contributed by atoms with van der Waals surface area (Å²) in [7, 11) is 1.11. The first-order valence-corrected chi connectivity index (χ1v) is 6.45.